The zero-order chi connectivity index (χ0) is 13.7. The minimum absolute atomic E-state index is 0.0988. The van der Waals surface area contributed by atoms with Gasteiger partial charge in [-0.15, -0.1) is 0 Å². The second kappa shape index (κ2) is 6.04. The molecule has 0 aliphatic rings. The summed E-state index contributed by atoms with van der Waals surface area (Å²) in [6, 6.07) is 6.32. The first-order valence-electron chi connectivity index (χ1n) is 6.23. The molecule has 0 radical (unpaired) electrons. The minimum Gasteiger partial charge on any atom is -0.508 e. The summed E-state index contributed by atoms with van der Waals surface area (Å²) in [6.07, 6.45) is 3.54. The van der Waals surface area contributed by atoms with Gasteiger partial charge in [-0.05, 0) is 43.5 Å². The maximum atomic E-state index is 11.8. The fourth-order valence-corrected chi connectivity index (χ4v) is 1.86. The molecule has 0 aliphatic heterocycles. The van der Waals surface area contributed by atoms with Crippen molar-refractivity contribution in [3.05, 3.63) is 47.3 Å². The van der Waals surface area contributed by atoms with Crippen LogP contribution in [0.5, 0.6) is 5.75 Å². The van der Waals surface area contributed by atoms with Gasteiger partial charge in [0.05, 0.1) is 6.20 Å². The SMILES string of the molecule is Cc1[nH]ncc1CCCNC(=O)c1cccc(O)c1. The molecule has 0 fully saturated rings. The average molecular weight is 259 g/mol. The van der Waals surface area contributed by atoms with Crippen molar-refractivity contribution in [1.82, 2.24) is 15.5 Å². The van der Waals surface area contributed by atoms with Crippen molar-refractivity contribution in [2.45, 2.75) is 19.8 Å². The minimum atomic E-state index is -0.167. The van der Waals surface area contributed by atoms with Gasteiger partial charge in [-0.25, -0.2) is 0 Å². The van der Waals surface area contributed by atoms with Crippen LogP contribution >= 0.6 is 0 Å². The summed E-state index contributed by atoms with van der Waals surface area (Å²) < 4.78 is 0. The molecule has 5 nitrogen and oxygen atoms in total. The van der Waals surface area contributed by atoms with Gasteiger partial charge >= 0.3 is 0 Å². The van der Waals surface area contributed by atoms with Crippen LogP contribution in [0, 0.1) is 6.92 Å². The summed E-state index contributed by atoms with van der Waals surface area (Å²) in [5.74, 6) is -0.0681. The average Bonchev–Trinajstić information content (AvgIpc) is 2.80. The predicted molar refractivity (Wildman–Crippen MR) is 72.1 cm³/mol. The first-order chi connectivity index (χ1) is 9.16. The zero-order valence-electron chi connectivity index (χ0n) is 10.8. The van der Waals surface area contributed by atoms with Gasteiger partial charge in [0.25, 0.3) is 5.91 Å². The van der Waals surface area contributed by atoms with Crippen LogP contribution in [0.15, 0.2) is 30.5 Å². The van der Waals surface area contributed by atoms with Gasteiger partial charge in [0.15, 0.2) is 0 Å². The number of nitrogens with zero attached hydrogens (tertiary/aromatic N) is 1. The molecule has 2 aromatic rings. The van der Waals surface area contributed by atoms with Crippen molar-refractivity contribution in [3.63, 3.8) is 0 Å². The lowest BCUT2D eigenvalue weighted by molar-refractivity contribution is 0.0953. The largest absolute Gasteiger partial charge is 0.508 e. The molecule has 0 saturated carbocycles. The smallest absolute Gasteiger partial charge is 0.251 e. The van der Waals surface area contributed by atoms with Gasteiger partial charge in [-0.1, -0.05) is 6.07 Å². The van der Waals surface area contributed by atoms with Crippen LogP contribution in [0.2, 0.25) is 0 Å². The third kappa shape index (κ3) is 3.58. The molecule has 1 heterocycles. The van der Waals surface area contributed by atoms with Gasteiger partial charge in [-0.3, -0.25) is 9.89 Å². The molecule has 0 atom stereocenters. The Kier molecular flexibility index (Phi) is 4.18. The van der Waals surface area contributed by atoms with E-state index in [0.717, 1.165) is 18.5 Å². The first kappa shape index (κ1) is 13.1. The Morgan fingerprint density at radius 1 is 1.47 bits per heavy atom. The number of aromatic amines is 1. The van der Waals surface area contributed by atoms with E-state index in [1.54, 1.807) is 18.2 Å². The van der Waals surface area contributed by atoms with E-state index in [1.165, 1.54) is 11.6 Å². The van der Waals surface area contributed by atoms with Crippen molar-refractivity contribution in [1.29, 1.82) is 0 Å². The molecule has 0 unspecified atom stereocenters. The standard InChI is InChI=1S/C14H17N3O2/c1-10-12(9-16-17-10)5-3-7-15-14(19)11-4-2-6-13(18)8-11/h2,4,6,8-9,18H,3,5,7H2,1H3,(H,15,19)(H,16,17). The molecule has 0 saturated heterocycles. The molecular formula is C14H17N3O2. The Labute approximate surface area is 111 Å². The fraction of sp³-hybridized carbons (Fsp3) is 0.286. The Morgan fingerprint density at radius 2 is 2.32 bits per heavy atom. The number of aryl methyl sites for hydroxylation is 2. The van der Waals surface area contributed by atoms with E-state index < -0.39 is 0 Å². The zero-order valence-corrected chi connectivity index (χ0v) is 10.8. The van der Waals surface area contributed by atoms with Gasteiger partial charge in [0.2, 0.25) is 0 Å². The van der Waals surface area contributed by atoms with Crippen molar-refractivity contribution < 1.29 is 9.90 Å². The summed E-state index contributed by atoms with van der Waals surface area (Å²) in [4.78, 5) is 11.8. The third-order valence-corrected chi connectivity index (χ3v) is 2.95. The van der Waals surface area contributed by atoms with E-state index in [9.17, 15) is 9.90 Å². The van der Waals surface area contributed by atoms with Crippen molar-refractivity contribution in [3.8, 4) is 5.75 Å². The molecule has 5 heteroatoms. The molecule has 1 amide bonds. The molecule has 1 aromatic carbocycles. The lowest BCUT2D eigenvalue weighted by atomic mass is 10.1. The maximum absolute atomic E-state index is 11.8. The van der Waals surface area contributed by atoms with Crippen LogP contribution in [0.25, 0.3) is 0 Å². The number of hydrogen-bond acceptors (Lipinski definition) is 3. The number of H-pyrrole nitrogens is 1. The summed E-state index contributed by atoms with van der Waals surface area (Å²) in [5.41, 5.74) is 2.71. The number of rotatable bonds is 5. The molecule has 1 aromatic heterocycles. The molecular weight excluding hydrogens is 242 g/mol. The Morgan fingerprint density at radius 3 is 3.00 bits per heavy atom. The van der Waals surface area contributed by atoms with Crippen LogP contribution in [-0.2, 0) is 6.42 Å². The van der Waals surface area contributed by atoms with E-state index in [0.29, 0.717) is 12.1 Å². The normalized spacial score (nSPS) is 10.4. The molecule has 0 spiro atoms. The summed E-state index contributed by atoms with van der Waals surface area (Å²) >= 11 is 0. The summed E-state index contributed by atoms with van der Waals surface area (Å²) in [7, 11) is 0. The number of hydrogen-bond donors (Lipinski definition) is 3. The van der Waals surface area contributed by atoms with E-state index in [-0.39, 0.29) is 11.7 Å². The second-order valence-corrected chi connectivity index (χ2v) is 4.43. The number of carbonyl (C=O) groups excluding carboxylic acids is 1. The van der Waals surface area contributed by atoms with E-state index in [2.05, 4.69) is 15.5 Å². The Bertz CT molecular complexity index is 563. The molecule has 0 aliphatic carbocycles. The van der Waals surface area contributed by atoms with Crippen molar-refractivity contribution >= 4 is 5.91 Å². The number of aromatic hydroxyl groups is 1. The number of phenolic OH excluding ortho intramolecular Hbond substituents is 1. The fourth-order valence-electron chi connectivity index (χ4n) is 1.86. The number of nitrogens with one attached hydrogen (secondary N) is 2. The van der Waals surface area contributed by atoms with Crippen molar-refractivity contribution in [2.75, 3.05) is 6.54 Å². The topological polar surface area (TPSA) is 78.0 Å². The molecule has 100 valence electrons. The van der Waals surface area contributed by atoms with Crippen LogP contribution in [0.3, 0.4) is 0 Å². The number of aromatic nitrogens is 2. The highest BCUT2D eigenvalue weighted by Gasteiger charge is 2.05. The molecule has 0 bridgehead atoms. The molecule has 3 N–H and O–H groups in total. The lowest BCUT2D eigenvalue weighted by Gasteiger charge is -2.05. The highest BCUT2D eigenvalue weighted by molar-refractivity contribution is 5.94. The predicted octanol–water partition coefficient (Wildman–Crippen LogP) is 1.79. The van der Waals surface area contributed by atoms with E-state index in [4.69, 9.17) is 0 Å². The second-order valence-electron chi connectivity index (χ2n) is 4.43. The quantitative estimate of drug-likeness (QED) is 0.716. The number of benzene rings is 1. The highest BCUT2D eigenvalue weighted by atomic mass is 16.3. The Hall–Kier alpha value is -2.30. The van der Waals surface area contributed by atoms with Gasteiger partial charge in [0.1, 0.15) is 5.75 Å². The van der Waals surface area contributed by atoms with E-state index in [1.807, 2.05) is 13.1 Å². The van der Waals surface area contributed by atoms with Crippen LogP contribution < -0.4 is 5.32 Å². The van der Waals surface area contributed by atoms with Crippen LogP contribution in [0.1, 0.15) is 28.0 Å². The van der Waals surface area contributed by atoms with Gasteiger partial charge in [-0.2, -0.15) is 5.10 Å². The maximum Gasteiger partial charge on any atom is 0.251 e. The van der Waals surface area contributed by atoms with Crippen LogP contribution in [0.4, 0.5) is 0 Å². The summed E-state index contributed by atoms with van der Waals surface area (Å²) in [5, 5.41) is 19.0. The van der Waals surface area contributed by atoms with Crippen LogP contribution in [-0.4, -0.2) is 27.8 Å². The summed E-state index contributed by atoms with van der Waals surface area (Å²) in [6.45, 7) is 2.58. The van der Waals surface area contributed by atoms with Gasteiger partial charge < -0.3 is 10.4 Å². The first-order valence-corrected chi connectivity index (χ1v) is 6.23. The monoisotopic (exact) mass is 259 g/mol. The molecule has 19 heavy (non-hydrogen) atoms. The lowest BCUT2D eigenvalue weighted by Crippen LogP contribution is -2.24. The highest BCUT2D eigenvalue weighted by Crippen LogP contribution is 2.10. The van der Waals surface area contributed by atoms with Gasteiger partial charge in [0, 0.05) is 17.8 Å². The third-order valence-electron chi connectivity index (χ3n) is 2.95. The van der Waals surface area contributed by atoms with Crippen molar-refractivity contribution in [2.24, 2.45) is 0 Å². The number of phenols is 1. The van der Waals surface area contributed by atoms with E-state index >= 15 is 0 Å². The Balaban J connectivity index is 1.77. The number of amides is 1. The number of carbonyl (C=O) groups is 1. The molecule has 2 rings (SSSR count).